The molecule has 4 rings (SSSR count). The first-order chi connectivity index (χ1) is 12.7. The van der Waals surface area contributed by atoms with E-state index in [0.717, 1.165) is 42.5 Å². The van der Waals surface area contributed by atoms with Crippen molar-refractivity contribution in [1.82, 2.24) is 23.9 Å². The highest BCUT2D eigenvalue weighted by atomic mass is 32.1. The summed E-state index contributed by atoms with van der Waals surface area (Å²) in [5.74, 6) is 1.31. The van der Waals surface area contributed by atoms with Crippen LogP contribution < -0.4 is 10.5 Å². The molecular formula is C18H20N6OS. The van der Waals surface area contributed by atoms with E-state index in [9.17, 15) is 4.79 Å². The van der Waals surface area contributed by atoms with Gasteiger partial charge in [-0.3, -0.25) is 14.3 Å². The van der Waals surface area contributed by atoms with Crippen LogP contribution in [0.15, 0.2) is 41.7 Å². The molecule has 7 nitrogen and oxygen atoms in total. The van der Waals surface area contributed by atoms with Gasteiger partial charge < -0.3 is 4.90 Å². The predicted molar refractivity (Wildman–Crippen MR) is 101 cm³/mol. The summed E-state index contributed by atoms with van der Waals surface area (Å²) in [7, 11) is 0. The predicted octanol–water partition coefficient (Wildman–Crippen LogP) is 2.38. The van der Waals surface area contributed by atoms with E-state index in [2.05, 4.69) is 24.2 Å². The summed E-state index contributed by atoms with van der Waals surface area (Å²) in [5, 5.41) is 1.00. The van der Waals surface area contributed by atoms with E-state index in [1.807, 2.05) is 19.1 Å². The topological polar surface area (TPSA) is 76.8 Å². The monoisotopic (exact) mass is 368 g/mol. The normalized spacial score (nSPS) is 15.3. The van der Waals surface area contributed by atoms with Crippen LogP contribution in [0.4, 0.5) is 5.13 Å². The second kappa shape index (κ2) is 7.33. The summed E-state index contributed by atoms with van der Waals surface area (Å²) in [6.45, 7) is 4.54. The van der Waals surface area contributed by atoms with Crippen molar-refractivity contribution in [2.24, 2.45) is 5.92 Å². The molecule has 0 N–H and O–H groups in total. The Kier molecular flexibility index (Phi) is 4.75. The number of piperidine rings is 1. The molecule has 0 aliphatic carbocycles. The number of anilines is 1. The third-order valence-electron chi connectivity index (χ3n) is 4.69. The Bertz CT molecular complexity index is 930. The number of pyridine rings is 1. The van der Waals surface area contributed by atoms with Crippen molar-refractivity contribution < 1.29 is 0 Å². The van der Waals surface area contributed by atoms with Crippen LogP contribution in [-0.2, 0) is 6.54 Å². The molecule has 1 aliphatic heterocycles. The molecule has 8 heteroatoms. The minimum absolute atomic E-state index is 0.0129. The van der Waals surface area contributed by atoms with Crippen LogP contribution in [0, 0.1) is 12.8 Å². The van der Waals surface area contributed by atoms with Gasteiger partial charge in [-0.25, -0.2) is 9.97 Å². The lowest BCUT2D eigenvalue weighted by atomic mass is 9.97. The second-order valence-electron chi connectivity index (χ2n) is 6.56. The third kappa shape index (κ3) is 3.65. The van der Waals surface area contributed by atoms with E-state index in [-0.39, 0.29) is 5.56 Å². The molecule has 1 saturated heterocycles. The number of rotatable bonds is 4. The highest BCUT2D eigenvalue weighted by molar-refractivity contribution is 7.09. The van der Waals surface area contributed by atoms with E-state index in [0.29, 0.717) is 18.2 Å². The maximum Gasteiger partial charge on any atom is 0.253 e. The van der Waals surface area contributed by atoms with Crippen molar-refractivity contribution in [3.05, 3.63) is 53.1 Å². The van der Waals surface area contributed by atoms with Gasteiger partial charge in [0, 0.05) is 55.2 Å². The molecule has 0 bridgehead atoms. The Balaban J connectivity index is 1.40. The molecule has 0 spiro atoms. The molecule has 134 valence electrons. The lowest BCUT2D eigenvalue weighted by Crippen LogP contribution is -2.36. The lowest BCUT2D eigenvalue weighted by molar-refractivity contribution is 0.351. The van der Waals surface area contributed by atoms with Crippen LogP contribution in [-0.4, -0.2) is 37.0 Å². The van der Waals surface area contributed by atoms with Gasteiger partial charge in [-0.15, -0.1) is 0 Å². The first-order valence-electron chi connectivity index (χ1n) is 8.71. The van der Waals surface area contributed by atoms with Crippen LogP contribution in [0.3, 0.4) is 0 Å². The number of aryl methyl sites for hydroxylation is 1. The summed E-state index contributed by atoms with van der Waals surface area (Å²) < 4.78 is 5.97. The van der Waals surface area contributed by atoms with Gasteiger partial charge in [0.25, 0.3) is 5.56 Å². The van der Waals surface area contributed by atoms with E-state index < -0.39 is 0 Å². The zero-order valence-electron chi connectivity index (χ0n) is 14.6. The molecule has 0 amide bonds. The fraction of sp³-hybridized carbons (Fsp3) is 0.389. The molecule has 4 heterocycles. The smallest absolute Gasteiger partial charge is 0.253 e. The molecule has 3 aromatic rings. The summed E-state index contributed by atoms with van der Waals surface area (Å²) in [4.78, 5) is 27.7. The zero-order valence-corrected chi connectivity index (χ0v) is 15.4. The highest BCUT2D eigenvalue weighted by Gasteiger charge is 2.22. The Morgan fingerprint density at radius 1 is 1.31 bits per heavy atom. The van der Waals surface area contributed by atoms with Crippen molar-refractivity contribution in [2.75, 3.05) is 18.0 Å². The van der Waals surface area contributed by atoms with Gasteiger partial charge in [-0.2, -0.15) is 4.37 Å². The van der Waals surface area contributed by atoms with Crippen molar-refractivity contribution in [2.45, 2.75) is 26.3 Å². The molecule has 0 saturated carbocycles. The number of hydrogen-bond donors (Lipinski definition) is 0. The molecule has 0 atom stereocenters. The maximum atomic E-state index is 12.5. The van der Waals surface area contributed by atoms with Crippen molar-refractivity contribution in [1.29, 1.82) is 0 Å². The van der Waals surface area contributed by atoms with Crippen LogP contribution >= 0.6 is 11.5 Å². The van der Waals surface area contributed by atoms with Crippen LogP contribution in [0.5, 0.6) is 0 Å². The number of aromatic nitrogens is 5. The van der Waals surface area contributed by atoms with Gasteiger partial charge in [0.15, 0.2) is 0 Å². The van der Waals surface area contributed by atoms with E-state index in [1.54, 1.807) is 29.4 Å². The quantitative estimate of drug-likeness (QED) is 0.704. The molecular weight excluding hydrogens is 348 g/mol. The summed E-state index contributed by atoms with van der Waals surface area (Å²) in [5.41, 5.74) is 1.51. The van der Waals surface area contributed by atoms with Gasteiger partial charge in [-0.1, -0.05) is 0 Å². The average molecular weight is 368 g/mol. The van der Waals surface area contributed by atoms with Crippen LogP contribution in [0.25, 0.3) is 11.3 Å². The van der Waals surface area contributed by atoms with Gasteiger partial charge in [0.1, 0.15) is 5.82 Å². The standard InChI is InChI=1S/C18H20N6OS/c1-13-21-18(26-22-13)23-7-4-14(5-8-23)11-24-12-20-16(9-17(24)25)15-3-2-6-19-10-15/h2-3,6,9-10,12,14H,4-5,7-8,11H2,1H3. The molecule has 0 aromatic carbocycles. The number of hydrogen-bond acceptors (Lipinski definition) is 7. The summed E-state index contributed by atoms with van der Waals surface area (Å²) in [6.07, 6.45) is 7.16. The minimum Gasteiger partial charge on any atom is -0.347 e. The summed E-state index contributed by atoms with van der Waals surface area (Å²) >= 11 is 1.46. The molecule has 1 fully saturated rings. The van der Waals surface area contributed by atoms with E-state index >= 15 is 0 Å². The largest absolute Gasteiger partial charge is 0.347 e. The Hall–Kier alpha value is -2.61. The third-order valence-corrected chi connectivity index (χ3v) is 5.56. The van der Waals surface area contributed by atoms with E-state index in [4.69, 9.17) is 0 Å². The van der Waals surface area contributed by atoms with Crippen LogP contribution in [0.1, 0.15) is 18.7 Å². The van der Waals surface area contributed by atoms with Crippen LogP contribution in [0.2, 0.25) is 0 Å². The van der Waals surface area contributed by atoms with Gasteiger partial charge in [0.05, 0.1) is 12.0 Å². The van der Waals surface area contributed by atoms with E-state index in [1.165, 1.54) is 11.5 Å². The van der Waals surface area contributed by atoms with Gasteiger partial charge in [-0.05, 0) is 37.8 Å². The fourth-order valence-corrected chi connectivity index (χ4v) is 3.96. The zero-order chi connectivity index (χ0) is 17.9. The molecule has 0 radical (unpaired) electrons. The molecule has 3 aromatic heterocycles. The Morgan fingerprint density at radius 2 is 2.15 bits per heavy atom. The first-order valence-corrected chi connectivity index (χ1v) is 9.48. The Morgan fingerprint density at radius 3 is 2.81 bits per heavy atom. The fourth-order valence-electron chi connectivity index (χ4n) is 3.23. The molecule has 26 heavy (non-hydrogen) atoms. The van der Waals surface area contributed by atoms with Gasteiger partial charge in [0.2, 0.25) is 5.13 Å². The molecule has 0 unspecified atom stereocenters. The highest BCUT2D eigenvalue weighted by Crippen LogP contribution is 2.25. The number of nitrogens with zero attached hydrogens (tertiary/aromatic N) is 6. The molecule has 1 aliphatic rings. The SMILES string of the molecule is Cc1nsc(N2CCC(Cn3cnc(-c4cccnc4)cc3=O)CC2)n1. The minimum atomic E-state index is -0.0129. The van der Waals surface area contributed by atoms with Crippen molar-refractivity contribution >= 4 is 16.7 Å². The second-order valence-corrected chi connectivity index (χ2v) is 7.29. The average Bonchev–Trinajstić information content (AvgIpc) is 3.11. The van der Waals surface area contributed by atoms with Crippen molar-refractivity contribution in [3.8, 4) is 11.3 Å². The lowest BCUT2D eigenvalue weighted by Gasteiger charge is -2.31. The van der Waals surface area contributed by atoms with Crippen molar-refractivity contribution in [3.63, 3.8) is 0 Å². The first kappa shape index (κ1) is 16.8. The Labute approximate surface area is 155 Å². The summed E-state index contributed by atoms with van der Waals surface area (Å²) in [6, 6.07) is 5.34. The maximum absolute atomic E-state index is 12.5. The van der Waals surface area contributed by atoms with Gasteiger partial charge >= 0.3 is 0 Å².